The third-order valence-corrected chi connectivity index (χ3v) is 4.00. The van der Waals surface area contributed by atoms with Gasteiger partial charge in [-0.1, -0.05) is 29.8 Å². The van der Waals surface area contributed by atoms with Crippen molar-refractivity contribution in [3.05, 3.63) is 65.9 Å². The molecule has 7 nitrogen and oxygen atoms in total. The summed E-state index contributed by atoms with van der Waals surface area (Å²) in [6.07, 6.45) is 1.82. The van der Waals surface area contributed by atoms with Crippen LogP contribution in [0.2, 0.25) is 0 Å². The van der Waals surface area contributed by atoms with Gasteiger partial charge in [0.2, 0.25) is 0 Å². The Morgan fingerprint density at radius 1 is 1.04 bits per heavy atom. The fourth-order valence-electron chi connectivity index (χ4n) is 2.58. The molecule has 140 valence electrons. The second kappa shape index (κ2) is 8.27. The van der Waals surface area contributed by atoms with Crippen LogP contribution in [-0.2, 0) is 6.54 Å². The zero-order valence-corrected chi connectivity index (χ0v) is 15.5. The van der Waals surface area contributed by atoms with E-state index in [0.29, 0.717) is 29.5 Å². The summed E-state index contributed by atoms with van der Waals surface area (Å²) in [6.45, 7) is 2.68. The first-order chi connectivity index (χ1) is 13.1. The predicted molar refractivity (Wildman–Crippen MR) is 105 cm³/mol. The fraction of sp³-hybridized carbons (Fsp3) is 0.200. The van der Waals surface area contributed by atoms with Crippen LogP contribution in [0.4, 0.5) is 16.3 Å². The van der Waals surface area contributed by atoms with Crippen molar-refractivity contribution in [3.8, 4) is 11.5 Å². The number of carbonyl (C=O) groups excluding carboxylic acids is 1. The Balaban J connectivity index is 1.63. The Morgan fingerprint density at radius 2 is 1.81 bits per heavy atom. The third kappa shape index (κ3) is 4.78. The first-order valence-corrected chi connectivity index (χ1v) is 8.46. The summed E-state index contributed by atoms with van der Waals surface area (Å²) in [5, 5.41) is 9.84. The number of benzene rings is 2. The molecule has 1 heterocycles. The molecule has 3 aromatic rings. The minimum atomic E-state index is -0.415. The van der Waals surface area contributed by atoms with Gasteiger partial charge in [0.15, 0.2) is 5.82 Å². The standard InChI is InChI=1S/C20H22N4O3/c1-14-4-6-15(7-5-14)13-24-11-10-19(23-24)22-20(25)21-17-12-16(26-2)8-9-18(17)27-3/h4-12H,13H2,1-3H3,(H2,21,22,23,25). The lowest BCUT2D eigenvalue weighted by molar-refractivity contribution is 0.262. The Hall–Kier alpha value is -3.48. The largest absolute Gasteiger partial charge is 0.497 e. The number of nitrogens with zero attached hydrogens (tertiary/aromatic N) is 2. The minimum absolute atomic E-state index is 0.415. The zero-order chi connectivity index (χ0) is 19.2. The molecular weight excluding hydrogens is 344 g/mol. The number of urea groups is 1. The normalized spacial score (nSPS) is 10.3. The number of amides is 2. The van der Waals surface area contributed by atoms with E-state index < -0.39 is 6.03 Å². The molecule has 0 aliphatic heterocycles. The van der Waals surface area contributed by atoms with Gasteiger partial charge in [-0.15, -0.1) is 0 Å². The van der Waals surface area contributed by atoms with Crippen LogP contribution in [0.5, 0.6) is 11.5 Å². The average Bonchev–Trinajstić information content (AvgIpc) is 3.10. The predicted octanol–water partition coefficient (Wildman–Crippen LogP) is 3.90. The molecule has 0 bridgehead atoms. The zero-order valence-electron chi connectivity index (χ0n) is 15.5. The molecule has 0 radical (unpaired) electrons. The van der Waals surface area contributed by atoms with Gasteiger partial charge in [-0.2, -0.15) is 5.10 Å². The third-order valence-electron chi connectivity index (χ3n) is 4.00. The van der Waals surface area contributed by atoms with Crippen LogP contribution in [0.1, 0.15) is 11.1 Å². The lowest BCUT2D eigenvalue weighted by Gasteiger charge is -2.11. The van der Waals surface area contributed by atoms with Crippen molar-refractivity contribution in [2.24, 2.45) is 0 Å². The number of nitrogens with one attached hydrogen (secondary N) is 2. The van der Waals surface area contributed by atoms with Gasteiger partial charge in [-0.05, 0) is 24.6 Å². The number of anilines is 2. The van der Waals surface area contributed by atoms with Crippen LogP contribution in [0.25, 0.3) is 0 Å². The van der Waals surface area contributed by atoms with Crippen molar-refractivity contribution in [1.29, 1.82) is 0 Å². The summed E-state index contributed by atoms with van der Waals surface area (Å²) in [5.41, 5.74) is 2.86. The summed E-state index contributed by atoms with van der Waals surface area (Å²) in [7, 11) is 3.10. The number of hydrogen-bond acceptors (Lipinski definition) is 4. The molecule has 2 amide bonds. The van der Waals surface area contributed by atoms with Crippen molar-refractivity contribution in [1.82, 2.24) is 9.78 Å². The van der Waals surface area contributed by atoms with E-state index in [1.165, 1.54) is 12.7 Å². The van der Waals surface area contributed by atoms with Crippen LogP contribution >= 0.6 is 0 Å². The summed E-state index contributed by atoms with van der Waals surface area (Å²) in [6, 6.07) is 14.8. The molecule has 0 aliphatic carbocycles. The Morgan fingerprint density at radius 3 is 2.52 bits per heavy atom. The number of aromatic nitrogens is 2. The topological polar surface area (TPSA) is 77.4 Å². The lowest BCUT2D eigenvalue weighted by atomic mass is 10.1. The molecule has 1 aromatic heterocycles. The van der Waals surface area contributed by atoms with E-state index in [0.717, 1.165) is 5.56 Å². The molecule has 7 heteroatoms. The highest BCUT2D eigenvalue weighted by Gasteiger charge is 2.10. The van der Waals surface area contributed by atoms with Gasteiger partial charge in [-0.3, -0.25) is 10.00 Å². The highest BCUT2D eigenvalue weighted by molar-refractivity contribution is 6.00. The van der Waals surface area contributed by atoms with Crippen molar-refractivity contribution in [2.45, 2.75) is 13.5 Å². The van der Waals surface area contributed by atoms with Crippen LogP contribution in [0.3, 0.4) is 0 Å². The number of carbonyl (C=O) groups is 1. The summed E-state index contributed by atoms with van der Waals surface area (Å²) in [5.74, 6) is 1.62. The van der Waals surface area contributed by atoms with Gasteiger partial charge < -0.3 is 14.8 Å². The quantitative estimate of drug-likeness (QED) is 0.694. The second-order valence-electron chi connectivity index (χ2n) is 6.03. The molecule has 0 atom stereocenters. The summed E-state index contributed by atoms with van der Waals surface area (Å²) in [4.78, 5) is 12.3. The number of aryl methyl sites for hydroxylation is 1. The van der Waals surface area contributed by atoms with Crippen molar-refractivity contribution < 1.29 is 14.3 Å². The maximum Gasteiger partial charge on any atom is 0.325 e. The molecule has 0 saturated carbocycles. The van der Waals surface area contributed by atoms with Crippen molar-refractivity contribution in [2.75, 3.05) is 24.9 Å². The van der Waals surface area contributed by atoms with Crippen molar-refractivity contribution in [3.63, 3.8) is 0 Å². The molecule has 2 aromatic carbocycles. The van der Waals surface area contributed by atoms with E-state index in [1.54, 1.807) is 36.1 Å². The second-order valence-corrected chi connectivity index (χ2v) is 6.03. The molecule has 0 saturated heterocycles. The van der Waals surface area contributed by atoms with Gasteiger partial charge in [-0.25, -0.2) is 4.79 Å². The highest BCUT2D eigenvalue weighted by Crippen LogP contribution is 2.28. The monoisotopic (exact) mass is 366 g/mol. The molecule has 3 rings (SSSR count). The smallest absolute Gasteiger partial charge is 0.325 e. The number of ether oxygens (including phenoxy) is 2. The molecule has 0 aliphatic rings. The first-order valence-electron chi connectivity index (χ1n) is 8.46. The van der Waals surface area contributed by atoms with Crippen LogP contribution in [0.15, 0.2) is 54.7 Å². The van der Waals surface area contributed by atoms with Crippen LogP contribution in [0, 0.1) is 6.92 Å². The van der Waals surface area contributed by atoms with Crippen LogP contribution in [-0.4, -0.2) is 30.0 Å². The van der Waals surface area contributed by atoms with Crippen LogP contribution < -0.4 is 20.1 Å². The van der Waals surface area contributed by atoms with Gasteiger partial charge >= 0.3 is 6.03 Å². The molecule has 0 unspecified atom stereocenters. The first kappa shape index (κ1) is 18.3. The van der Waals surface area contributed by atoms with Crippen molar-refractivity contribution >= 4 is 17.5 Å². The highest BCUT2D eigenvalue weighted by atomic mass is 16.5. The summed E-state index contributed by atoms with van der Waals surface area (Å²) >= 11 is 0. The maximum absolute atomic E-state index is 12.3. The Kier molecular flexibility index (Phi) is 5.61. The number of hydrogen-bond donors (Lipinski definition) is 2. The molecule has 27 heavy (non-hydrogen) atoms. The maximum atomic E-state index is 12.3. The Bertz CT molecular complexity index is 919. The number of methoxy groups -OCH3 is 2. The van der Waals surface area contributed by atoms with E-state index in [9.17, 15) is 4.79 Å². The SMILES string of the molecule is COc1ccc(OC)c(NC(=O)Nc2ccn(Cc3ccc(C)cc3)n2)c1. The van der Waals surface area contributed by atoms with Gasteiger partial charge in [0.1, 0.15) is 11.5 Å². The molecular formula is C20H22N4O3. The van der Waals surface area contributed by atoms with Gasteiger partial charge in [0.25, 0.3) is 0 Å². The average molecular weight is 366 g/mol. The van der Waals surface area contributed by atoms with E-state index in [4.69, 9.17) is 9.47 Å². The van der Waals surface area contributed by atoms with Gasteiger partial charge in [0, 0.05) is 18.3 Å². The van der Waals surface area contributed by atoms with E-state index in [1.807, 2.05) is 6.20 Å². The summed E-state index contributed by atoms with van der Waals surface area (Å²) < 4.78 is 12.2. The minimum Gasteiger partial charge on any atom is -0.497 e. The van der Waals surface area contributed by atoms with E-state index in [2.05, 4.69) is 46.9 Å². The molecule has 0 fully saturated rings. The lowest BCUT2D eigenvalue weighted by Crippen LogP contribution is -2.20. The molecule has 2 N–H and O–H groups in total. The van der Waals surface area contributed by atoms with E-state index >= 15 is 0 Å². The molecule has 0 spiro atoms. The fourth-order valence-corrected chi connectivity index (χ4v) is 2.58. The Labute approximate surface area is 157 Å². The van der Waals surface area contributed by atoms with Gasteiger partial charge in [0.05, 0.1) is 26.5 Å². The van der Waals surface area contributed by atoms with E-state index in [-0.39, 0.29) is 0 Å². The number of rotatable bonds is 6.